The summed E-state index contributed by atoms with van der Waals surface area (Å²) in [4.78, 5) is 15.8. The monoisotopic (exact) mass is 462 g/mol. The van der Waals surface area contributed by atoms with E-state index in [2.05, 4.69) is 18.8 Å². The molecular formula is C27H30N2O5. The van der Waals surface area contributed by atoms with Gasteiger partial charge < -0.3 is 23.6 Å². The van der Waals surface area contributed by atoms with E-state index >= 15 is 0 Å². The molecule has 2 aromatic carbocycles. The second kappa shape index (κ2) is 10.5. The first-order valence-electron chi connectivity index (χ1n) is 11.5. The van der Waals surface area contributed by atoms with E-state index in [0.717, 1.165) is 46.5 Å². The van der Waals surface area contributed by atoms with Crippen LogP contribution in [0.1, 0.15) is 38.9 Å². The van der Waals surface area contributed by atoms with Gasteiger partial charge in [0.05, 0.1) is 18.9 Å². The van der Waals surface area contributed by atoms with Crippen LogP contribution in [-0.4, -0.2) is 33.8 Å². The van der Waals surface area contributed by atoms with Crippen molar-refractivity contribution in [1.29, 1.82) is 0 Å². The van der Waals surface area contributed by atoms with E-state index in [0.29, 0.717) is 25.0 Å². The number of hydrogen-bond acceptors (Lipinski definition) is 5. The Hall–Kier alpha value is -3.74. The molecule has 1 unspecified atom stereocenters. The maximum absolute atomic E-state index is 11.3. The van der Waals surface area contributed by atoms with Crippen LogP contribution in [0.5, 0.6) is 11.5 Å². The van der Waals surface area contributed by atoms with Crippen LogP contribution < -0.4 is 9.47 Å². The van der Waals surface area contributed by atoms with Crippen LogP contribution in [0, 0.1) is 5.92 Å². The molecule has 2 aromatic heterocycles. The van der Waals surface area contributed by atoms with Crippen LogP contribution in [0.2, 0.25) is 0 Å². The summed E-state index contributed by atoms with van der Waals surface area (Å²) in [6.45, 7) is 7.03. The molecule has 0 radical (unpaired) electrons. The van der Waals surface area contributed by atoms with Gasteiger partial charge in [0.2, 0.25) is 5.89 Å². The summed E-state index contributed by atoms with van der Waals surface area (Å²) in [6, 6.07) is 14.7. The number of rotatable bonds is 11. The van der Waals surface area contributed by atoms with Gasteiger partial charge in [-0.05, 0) is 67.8 Å². The van der Waals surface area contributed by atoms with Crippen molar-refractivity contribution in [3.8, 4) is 23.0 Å². The zero-order valence-corrected chi connectivity index (χ0v) is 19.7. The highest BCUT2D eigenvalue weighted by molar-refractivity contribution is 5.84. The summed E-state index contributed by atoms with van der Waals surface area (Å²) in [6.07, 6.45) is 5.15. The van der Waals surface area contributed by atoms with Crippen molar-refractivity contribution in [3.05, 3.63) is 66.7 Å². The summed E-state index contributed by atoms with van der Waals surface area (Å²) in [5, 5.41) is 10.2. The molecule has 0 aliphatic carbocycles. The smallest absolute Gasteiger partial charge is 0.326 e. The van der Waals surface area contributed by atoms with Crippen molar-refractivity contribution in [2.24, 2.45) is 5.92 Å². The van der Waals surface area contributed by atoms with Crippen molar-refractivity contribution in [3.63, 3.8) is 0 Å². The first kappa shape index (κ1) is 23.4. The predicted molar refractivity (Wildman–Crippen MR) is 130 cm³/mol. The lowest BCUT2D eigenvalue weighted by Gasteiger charge is -2.11. The van der Waals surface area contributed by atoms with Gasteiger partial charge in [-0.2, -0.15) is 0 Å². The summed E-state index contributed by atoms with van der Waals surface area (Å²) in [5.41, 5.74) is 2.76. The standard InChI is InChI=1S/C27H30N2O5/c1-18(2)15-22-17-34-26(28-22)20-5-7-23(8-6-20)32-13-4-14-33-24-9-10-25-21(16-24)11-12-29(25)19(3)27(30)31/h5-12,16-19H,4,13-15H2,1-3H3,(H,30,31). The van der Waals surface area contributed by atoms with Gasteiger partial charge in [-0.3, -0.25) is 0 Å². The Morgan fingerprint density at radius 1 is 1.03 bits per heavy atom. The number of hydrogen-bond donors (Lipinski definition) is 1. The van der Waals surface area contributed by atoms with Crippen molar-refractivity contribution >= 4 is 16.9 Å². The van der Waals surface area contributed by atoms with Crippen LogP contribution in [0.15, 0.2) is 65.4 Å². The number of carboxylic acid groups (broad SMARTS) is 1. The van der Waals surface area contributed by atoms with Gasteiger partial charge in [0.1, 0.15) is 23.8 Å². The SMILES string of the molecule is CC(C)Cc1coc(-c2ccc(OCCCOc3ccc4c(ccn4C(C)C(=O)O)c3)cc2)n1. The first-order chi connectivity index (χ1) is 16.4. The molecule has 0 saturated carbocycles. The molecule has 0 saturated heterocycles. The van der Waals surface area contributed by atoms with E-state index in [1.165, 1.54) is 0 Å². The number of carboxylic acids is 1. The van der Waals surface area contributed by atoms with Crippen molar-refractivity contribution in [2.45, 2.75) is 39.7 Å². The van der Waals surface area contributed by atoms with Gasteiger partial charge in [-0.15, -0.1) is 0 Å². The third kappa shape index (κ3) is 5.60. The Kier molecular flexibility index (Phi) is 7.21. The van der Waals surface area contributed by atoms with Crippen LogP contribution in [0.3, 0.4) is 0 Å². The molecule has 34 heavy (non-hydrogen) atoms. The minimum absolute atomic E-state index is 0.519. The second-order valence-corrected chi connectivity index (χ2v) is 8.77. The largest absolute Gasteiger partial charge is 0.493 e. The molecule has 0 amide bonds. The summed E-state index contributed by atoms with van der Waals surface area (Å²) in [7, 11) is 0. The molecule has 2 heterocycles. The maximum Gasteiger partial charge on any atom is 0.326 e. The topological polar surface area (TPSA) is 86.7 Å². The fourth-order valence-electron chi connectivity index (χ4n) is 3.77. The maximum atomic E-state index is 11.3. The molecule has 7 nitrogen and oxygen atoms in total. The lowest BCUT2D eigenvalue weighted by molar-refractivity contribution is -0.140. The van der Waals surface area contributed by atoms with Gasteiger partial charge in [0.15, 0.2) is 0 Å². The Labute approximate surface area is 198 Å². The Balaban J connectivity index is 1.23. The third-order valence-electron chi connectivity index (χ3n) is 5.56. The van der Waals surface area contributed by atoms with Crippen LogP contribution >= 0.6 is 0 Å². The van der Waals surface area contributed by atoms with Gasteiger partial charge >= 0.3 is 5.97 Å². The minimum atomic E-state index is -0.860. The van der Waals surface area contributed by atoms with E-state index in [4.69, 9.17) is 13.9 Å². The minimum Gasteiger partial charge on any atom is -0.493 e. The van der Waals surface area contributed by atoms with E-state index in [1.807, 2.05) is 48.5 Å². The number of aromatic nitrogens is 2. The van der Waals surface area contributed by atoms with Crippen LogP contribution in [0.25, 0.3) is 22.4 Å². The van der Waals surface area contributed by atoms with Crippen molar-refractivity contribution in [1.82, 2.24) is 9.55 Å². The Morgan fingerprint density at radius 2 is 1.74 bits per heavy atom. The number of carbonyl (C=O) groups is 1. The number of nitrogens with zero attached hydrogens (tertiary/aromatic N) is 2. The van der Waals surface area contributed by atoms with Crippen LogP contribution in [0.4, 0.5) is 0 Å². The molecule has 0 spiro atoms. The van der Waals surface area contributed by atoms with Crippen molar-refractivity contribution < 1.29 is 23.8 Å². The lowest BCUT2D eigenvalue weighted by Crippen LogP contribution is -2.14. The molecule has 4 rings (SSSR count). The molecule has 4 aromatic rings. The molecule has 0 fully saturated rings. The fourth-order valence-corrected chi connectivity index (χ4v) is 3.77. The van der Waals surface area contributed by atoms with Crippen LogP contribution in [-0.2, 0) is 11.2 Å². The molecule has 0 aliphatic heterocycles. The average molecular weight is 463 g/mol. The number of aliphatic carboxylic acids is 1. The van der Waals surface area contributed by atoms with E-state index in [-0.39, 0.29) is 0 Å². The van der Waals surface area contributed by atoms with Gasteiger partial charge in [0.25, 0.3) is 0 Å². The van der Waals surface area contributed by atoms with Gasteiger partial charge in [0, 0.05) is 29.1 Å². The number of ether oxygens (including phenoxy) is 2. The van der Waals surface area contributed by atoms with E-state index in [1.54, 1.807) is 24.0 Å². The summed E-state index contributed by atoms with van der Waals surface area (Å²) < 4.78 is 19.0. The van der Waals surface area contributed by atoms with Gasteiger partial charge in [-0.25, -0.2) is 9.78 Å². The molecule has 0 aliphatic rings. The predicted octanol–water partition coefficient (Wildman–Crippen LogP) is 5.99. The zero-order chi connectivity index (χ0) is 24.1. The highest BCUT2D eigenvalue weighted by atomic mass is 16.5. The molecular weight excluding hydrogens is 432 g/mol. The lowest BCUT2D eigenvalue weighted by atomic mass is 10.1. The summed E-state index contributed by atoms with van der Waals surface area (Å²) in [5.74, 6) is 1.84. The Bertz CT molecular complexity index is 1240. The Morgan fingerprint density at radius 3 is 2.44 bits per heavy atom. The second-order valence-electron chi connectivity index (χ2n) is 8.77. The quantitative estimate of drug-likeness (QED) is 0.276. The molecule has 178 valence electrons. The van der Waals surface area contributed by atoms with E-state index < -0.39 is 12.0 Å². The fraction of sp³-hybridized carbons (Fsp3) is 0.333. The highest BCUT2D eigenvalue weighted by Gasteiger charge is 2.15. The number of benzene rings is 2. The zero-order valence-electron chi connectivity index (χ0n) is 19.7. The normalized spacial score (nSPS) is 12.2. The molecule has 1 N–H and O–H groups in total. The van der Waals surface area contributed by atoms with Crippen molar-refractivity contribution in [2.75, 3.05) is 13.2 Å². The number of fused-ring (bicyclic) bond motifs is 1. The first-order valence-corrected chi connectivity index (χ1v) is 11.5. The molecule has 1 atom stereocenters. The van der Waals surface area contributed by atoms with E-state index in [9.17, 15) is 9.90 Å². The average Bonchev–Trinajstić information content (AvgIpc) is 3.45. The molecule has 7 heteroatoms. The van der Waals surface area contributed by atoms with Gasteiger partial charge in [-0.1, -0.05) is 13.8 Å². The summed E-state index contributed by atoms with van der Waals surface area (Å²) >= 11 is 0. The number of oxazole rings is 1. The highest BCUT2D eigenvalue weighted by Crippen LogP contribution is 2.25. The third-order valence-corrected chi connectivity index (χ3v) is 5.56. The molecule has 0 bridgehead atoms.